The van der Waals surface area contributed by atoms with Crippen LogP contribution in [0.3, 0.4) is 0 Å². The number of thioether (sulfide) groups is 1. The monoisotopic (exact) mass is 307 g/mol. The molecule has 0 heterocycles. The molecule has 2 rings (SSSR count). The zero-order valence-corrected chi connectivity index (χ0v) is 13.0. The van der Waals surface area contributed by atoms with E-state index in [4.69, 9.17) is 0 Å². The van der Waals surface area contributed by atoms with E-state index in [1.54, 1.807) is 11.8 Å². The lowest BCUT2D eigenvalue weighted by molar-refractivity contribution is 0.517. The number of rotatable bonds is 6. The summed E-state index contributed by atoms with van der Waals surface area (Å²) >= 11 is 1.66. The third kappa shape index (κ3) is 4.05. The van der Waals surface area contributed by atoms with E-state index in [1.807, 2.05) is 37.4 Å². The van der Waals surface area contributed by atoms with Gasteiger partial charge in [-0.15, -0.1) is 11.8 Å². The summed E-state index contributed by atoms with van der Waals surface area (Å²) in [6.45, 7) is 2.78. The van der Waals surface area contributed by atoms with Gasteiger partial charge in [-0.3, -0.25) is 0 Å². The standard InChI is InChI=1S/C17H19F2NS/c1-3-20-16(14-6-4-5-7-17(14)21-2)11-12-10-13(18)8-9-15(12)19/h4-10,16,20H,3,11H2,1-2H3. The van der Waals surface area contributed by atoms with E-state index >= 15 is 0 Å². The Bertz CT molecular complexity index is 601. The molecule has 0 amide bonds. The van der Waals surface area contributed by atoms with Gasteiger partial charge in [0.25, 0.3) is 0 Å². The van der Waals surface area contributed by atoms with Gasteiger partial charge in [0.2, 0.25) is 0 Å². The molecule has 2 aromatic carbocycles. The van der Waals surface area contributed by atoms with Gasteiger partial charge < -0.3 is 5.32 Å². The maximum Gasteiger partial charge on any atom is 0.126 e. The fraction of sp³-hybridized carbons (Fsp3) is 0.294. The van der Waals surface area contributed by atoms with Crippen LogP contribution in [0.4, 0.5) is 8.78 Å². The first-order chi connectivity index (χ1) is 10.2. The molecule has 0 saturated carbocycles. The van der Waals surface area contributed by atoms with E-state index in [1.165, 1.54) is 12.1 Å². The first-order valence-corrected chi connectivity index (χ1v) is 8.18. The molecule has 0 saturated heterocycles. The highest BCUT2D eigenvalue weighted by Crippen LogP contribution is 2.28. The predicted molar refractivity (Wildman–Crippen MR) is 84.7 cm³/mol. The largest absolute Gasteiger partial charge is 0.310 e. The molecule has 0 aliphatic heterocycles. The van der Waals surface area contributed by atoms with Crippen molar-refractivity contribution in [1.29, 1.82) is 0 Å². The summed E-state index contributed by atoms with van der Waals surface area (Å²) in [5.74, 6) is -0.763. The summed E-state index contributed by atoms with van der Waals surface area (Å²) in [7, 11) is 0. The van der Waals surface area contributed by atoms with Crippen molar-refractivity contribution in [2.24, 2.45) is 0 Å². The van der Waals surface area contributed by atoms with E-state index in [-0.39, 0.29) is 11.9 Å². The van der Waals surface area contributed by atoms with Crippen molar-refractivity contribution >= 4 is 11.8 Å². The van der Waals surface area contributed by atoms with Crippen molar-refractivity contribution < 1.29 is 8.78 Å². The van der Waals surface area contributed by atoms with Crippen LogP contribution < -0.4 is 5.32 Å². The number of hydrogen-bond donors (Lipinski definition) is 1. The predicted octanol–water partition coefficient (Wildman–Crippen LogP) is 4.58. The highest BCUT2D eigenvalue weighted by molar-refractivity contribution is 7.98. The molecule has 0 aromatic heterocycles. The van der Waals surface area contributed by atoms with Crippen molar-refractivity contribution in [1.82, 2.24) is 5.32 Å². The maximum absolute atomic E-state index is 13.9. The number of benzene rings is 2. The van der Waals surface area contributed by atoms with Gasteiger partial charge in [0, 0.05) is 10.9 Å². The van der Waals surface area contributed by atoms with Gasteiger partial charge in [-0.25, -0.2) is 8.78 Å². The minimum atomic E-state index is -0.403. The second-order valence-corrected chi connectivity index (χ2v) is 5.64. The topological polar surface area (TPSA) is 12.0 Å². The van der Waals surface area contributed by atoms with Crippen molar-refractivity contribution in [2.75, 3.05) is 12.8 Å². The molecule has 1 atom stereocenters. The number of halogens is 2. The molecule has 1 unspecified atom stereocenters. The summed E-state index contributed by atoms with van der Waals surface area (Å²) in [6.07, 6.45) is 2.44. The first-order valence-electron chi connectivity index (χ1n) is 6.96. The van der Waals surface area contributed by atoms with Crippen LogP contribution >= 0.6 is 11.8 Å². The van der Waals surface area contributed by atoms with Crippen LogP contribution in [0.5, 0.6) is 0 Å². The van der Waals surface area contributed by atoms with Crippen molar-refractivity contribution in [3.8, 4) is 0 Å². The third-order valence-electron chi connectivity index (χ3n) is 3.40. The van der Waals surface area contributed by atoms with Gasteiger partial charge in [0.05, 0.1) is 0 Å². The Hall–Kier alpha value is -1.39. The van der Waals surface area contributed by atoms with E-state index in [0.717, 1.165) is 23.1 Å². The average Bonchev–Trinajstić information content (AvgIpc) is 2.50. The van der Waals surface area contributed by atoms with Crippen LogP contribution in [0.25, 0.3) is 0 Å². The second kappa shape index (κ2) is 7.57. The SMILES string of the molecule is CCNC(Cc1cc(F)ccc1F)c1ccccc1SC. The molecule has 0 aliphatic carbocycles. The lowest BCUT2D eigenvalue weighted by Gasteiger charge is -2.21. The van der Waals surface area contributed by atoms with Crippen molar-refractivity contribution in [2.45, 2.75) is 24.3 Å². The van der Waals surface area contributed by atoms with Gasteiger partial charge in [0.1, 0.15) is 11.6 Å². The van der Waals surface area contributed by atoms with E-state index < -0.39 is 5.82 Å². The molecule has 0 spiro atoms. The van der Waals surface area contributed by atoms with Crippen molar-refractivity contribution in [3.05, 3.63) is 65.2 Å². The van der Waals surface area contributed by atoms with Crippen LogP contribution in [0, 0.1) is 11.6 Å². The van der Waals surface area contributed by atoms with Gasteiger partial charge in [-0.05, 0) is 54.6 Å². The third-order valence-corrected chi connectivity index (χ3v) is 4.21. The lowest BCUT2D eigenvalue weighted by Crippen LogP contribution is -2.24. The summed E-state index contributed by atoms with van der Waals surface area (Å²) in [6, 6.07) is 11.6. The Morgan fingerprint density at radius 1 is 1.14 bits per heavy atom. The van der Waals surface area contributed by atoms with E-state index in [0.29, 0.717) is 12.0 Å². The van der Waals surface area contributed by atoms with Crippen LogP contribution in [-0.4, -0.2) is 12.8 Å². The minimum Gasteiger partial charge on any atom is -0.310 e. The molecule has 2 aromatic rings. The number of likely N-dealkylation sites (N-methyl/N-ethyl adjacent to an activating group) is 1. The normalized spacial score (nSPS) is 12.4. The number of nitrogens with one attached hydrogen (secondary N) is 1. The second-order valence-electron chi connectivity index (χ2n) is 4.79. The van der Waals surface area contributed by atoms with Crippen LogP contribution in [0.1, 0.15) is 24.1 Å². The summed E-state index contributed by atoms with van der Waals surface area (Å²) in [5, 5.41) is 3.37. The minimum absolute atomic E-state index is 0.0325. The molecule has 0 aliphatic rings. The molecule has 0 fully saturated rings. The zero-order chi connectivity index (χ0) is 15.2. The summed E-state index contributed by atoms with van der Waals surface area (Å²) in [5.41, 5.74) is 1.52. The quantitative estimate of drug-likeness (QED) is 0.784. The fourth-order valence-corrected chi connectivity index (χ4v) is 3.07. The van der Waals surface area contributed by atoms with Gasteiger partial charge >= 0.3 is 0 Å². The zero-order valence-electron chi connectivity index (χ0n) is 12.2. The van der Waals surface area contributed by atoms with Gasteiger partial charge in [-0.2, -0.15) is 0 Å². The van der Waals surface area contributed by atoms with Crippen LogP contribution in [0.15, 0.2) is 47.4 Å². The summed E-state index contributed by atoms with van der Waals surface area (Å²) in [4.78, 5) is 1.15. The first kappa shape index (κ1) is 16.0. The maximum atomic E-state index is 13.9. The van der Waals surface area contributed by atoms with Crippen molar-refractivity contribution in [3.63, 3.8) is 0 Å². The molecule has 1 N–H and O–H groups in total. The summed E-state index contributed by atoms with van der Waals surface area (Å²) < 4.78 is 27.2. The Morgan fingerprint density at radius 3 is 2.62 bits per heavy atom. The Morgan fingerprint density at radius 2 is 1.90 bits per heavy atom. The molecule has 4 heteroatoms. The Balaban J connectivity index is 2.33. The molecule has 0 radical (unpaired) electrons. The molecular weight excluding hydrogens is 288 g/mol. The highest BCUT2D eigenvalue weighted by atomic mass is 32.2. The Labute approximate surface area is 128 Å². The Kier molecular flexibility index (Phi) is 5.76. The van der Waals surface area contributed by atoms with Gasteiger partial charge in [-0.1, -0.05) is 25.1 Å². The number of hydrogen-bond acceptors (Lipinski definition) is 2. The van der Waals surface area contributed by atoms with Crippen LogP contribution in [-0.2, 0) is 6.42 Å². The smallest absolute Gasteiger partial charge is 0.126 e. The highest BCUT2D eigenvalue weighted by Gasteiger charge is 2.17. The molecule has 112 valence electrons. The lowest BCUT2D eigenvalue weighted by atomic mass is 9.98. The molecular formula is C17H19F2NS. The molecule has 1 nitrogen and oxygen atoms in total. The fourth-order valence-electron chi connectivity index (χ4n) is 2.41. The molecule has 0 bridgehead atoms. The van der Waals surface area contributed by atoms with Gasteiger partial charge in [0.15, 0.2) is 0 Å². The van der Waals surface area contributed by atoms with E-state index in [2.05, 4.69) is 5.32 Å². The molecule has 21 heavy (non-hydrogen) atoms. The van der Waals surface area contributed by atoms with Crippen LogP contribution in [0.2, 0.25) is 0 Å². The van der Waals surface area contributed by atoms with E-state index in [9.17, 15) is 8.78 Å². The average molecular weight is 307 g/mol.